The van der Waals surface area contributed by atoms with Gasteiger partial charge in [0.15, 0.2) is 6.67 Å². The molecule has 1 aromatic carbocycles. The largest absolute Gasteiger partial charge is 0.316 e. The highest BCUT2D eigenvalue weighted by Crippen LogP contribution is 2.12. The van der Waals surface area contributed by atoms with Crippen molar-refractivity contribution in [2.24, 2.45) is 0 Å². The van der Waals surface area contributed by atoms with Crippen molar-refractivity contribution in [1.29, 1.82) is 0 Å². The molecule has 1 fully saturated rings. The van der Waals surface area contributed by atoms with E-state index in [0.717, 1.165) is 12.4 Å². The van der Waals surface area contributed by atoms with E-state index in [9.17, 15) is 0 Å². The molecule has 1 saturated heterocycles. The Morgan fingerprint density at radius 2 is 1.71 bits per heavy atom. The Kier molecular flexibility index (Phi) is 4.17. The number of likely N-dealkylation sites (tertiary alicyclic amines) is 1. The van der Waals surface area contributed by atoms with Crippen LogP contribution < -0.4 is 4.90 Å². The molecule has 0 bridgehead atoms. The number of piperidine rings is 1. The Balaban J connectivity index is 1.86. The first-order chi connectivity index (χ1) is 10.1. The van der Waals surface area contributed by atoms with E-state index < -0.39 is 0 Å². The minimum absolute atomic E-state index is 0.679. The number of benzene rings is 1. The van der Waals surface area contributed by atoms with E-state index in [-0.39, 0.29) is 0 Å². The van der Waals surface area contributed by atoms with Gasteiger partial charge in [0.2, 0.25) is 4.77 Å². The van der Waals surface area contributed by atoms with E-state index in [1.54, 1.807) is 9.58 Å². The third-order valence-corrected chi connectivity index (χ3v) is 4.41. The summed E-state index contributed by atoms with van der Waals surface area (Å²) in [7, 11) is 0. The van der Waals surface area contributed by atoms with Crippen molar-refractivity contribution in [2.45, 2.75) is 39.8 Å². The van der Waals surface area contributed by atoms with Gasteiger partial charge in [-0.25, -0.2) is 0 Å². The lowest BCUT2D eigenvalue weighted by atomic mass is 10.1. The molecule has 0 spiro atoms. The number of hydrogen-bond acceptors (Lipinski definition) is 3. The Bertz CT molecular complexity index is 661. The molecule has 0 aliphatic carbocycles. The maximum atomic E-state index is 5.55. The van der Waals surface area contributed by atoms with Gasteiger partial charge in [-0.3, -0.25) is 0 Å². The number of quaternary nitrogens is 1. The number of aryl methyl sites for hydroxylation is 2. The van der Waals surface area contributed by atoms with Crippen LogP contribution in [0.1, 0.15) is 30.4 Å². The van der Waals surface area contributed by atoms with E-state index in [0.29, 0.717) is 4.77 Å². The SMILES string of the molecule is Cc1cc(C)cc(-n2nnn(C[NH+]3CCCCC3)c2=S)c1. The van der Waals surface area contributed by atoms with Crippen LogP contribution >= 0.6 is 12.2 Å². The second-order valence-electron chi connectivity index (χ2n) is 5.99. The molecule has 1 N–H and O–H groups in total. The molecule has 5 nitrogen and oxygen atoms in total. The summed E-state index contributed by atoms with van der Waals surface area (Å²) in [5.41, 5.74) is 3.42. The van der Waals surface area contributed by atoms with Crippen molar-refractivity contribution >= 4 is 12.2 Å². The lowest BCUT2D eigenvalue weighted by molar-refractivity contribution is -0.928. The van der Waals surface area contributed by atoms with Gasteiger partial charge in [-0.05, 0) is 79.0 Å². The van der Waals surface area contributed by atoms with Gasteiger partial charge in [-0.2, -0.15) is 9.36 Å². The maximum absolute atomic E-state index is 5.55. The number of nitrogens with zero attached hydrogens (tertiary/aromatic N) is 4. The minimum atomic E-state index is 0.679. The van der Waals surface area contributed by atoms with Crippen LogP contribution in [0.25, 0.3) is 5.69 Å². The van der Waals surface area contributed by atoms with Crippen molar-refractivity contribution in [2.75, 3.05) is 13.1 Å². The van der Waals surface area contributed by atoms with Gasteiger partial charge in [0.05, 0.1) is 18.8 Å². The minimum Gasteiger partial charge on any atom is -0.316 e. The molecule has 2 heterocycles. The molecule has 0 unspecified atom stereocenters. The summed E-state index contributed by atoms with van der Waals surface area (Å²) in [6, 6.07) is 6.33. The molecule has 6 heteroatoms. The fourth-order valence-electron chi connectivity index (χ4n) is 3.03. The fourth-order valence-corrected chi connectivity index (χ4v) is 3.27. The predicted octanol–water partition coefficient (Wildman–Crippen LogP) is 1.44. The molecule has 1 aliphatic rings. The van der Waals surface area contributed by atoms with E-state index in [4.69, 9.17) is 12.2 Å². The molecule has 0 radical (unpaired) electrons. The van der Waals surface area contributed by atoms with Crippen LogP contribution in [0.3, 0.4) is 0 Å². The van der Waals surface area contributed by atoms with Crippen LogP contribution in [-0.4, -0.2) is 32.9 Å². The summed E-state index contributed by atoms with van der Waals surface area (Å²) in [5, 5.41) is 8.50. The second-order valence-corrected chi connectivity index (χ2v) is 6.35. The highest BCUT2D eigenvalue weighted by atomic mass is 32.1. The highest BCUT2D eigenvalue weighted by Gasteiger charge is 2.16. The summed E-state index contributed by atoms with van der Waals surface area (Å²) in [6.45, 7) is 7.41. The molecule has 1 aliphatic heterocycles. The number of tetrazole rings is 1. The molecule has 21 heavy (non-hydrogen) atoms. The zero-order chi connectivity index (χ0) is 14.8. The normalized spacial score (nSPS) is 16.3. The monoisotopic (exact) mass is 304 g/mol. The first-order valence-corrected chi connectivity index (χ1v) is 7.99. The average molecular weight is 304 g/mol. The quantitative estimate of drug-likeness (QED) is 0.872. The van der Waals surface area contributed by atoms with Crippen molar-refractivity contribution < 1.29 is 4.90 Å². The van der Waals surface area contributed by atoms with E-state index in [1.807, 2.05) is 4.68 Å². The Labute approximate surface area is 130 Å². The van der Waals surface area contributed by atoms with Crippen LogP contribution in [-0.2, 0) is 6.67 Å². The molecule has 0 saturated carbocycles. The number of nitrogens with one attached hydrogen (secondary N) is 1. The molecule has 112 valence electrons. The summed E-state index contributed by atoms with van der Waals surface area (Å²) in [6.07, 6.45) is 3.95. The summed E-state index contributed by atoms with van der Waals surface area (Å²) >= 11 is 5.55. The number of hydrogen-bond donors (Lipinski definition) is 1. The molecule has 2 aromatic rings. The topological polar surface area (TPSA) is 40.1 Å². The van der Waals surface area contributed by atoms with Crippen LogP contribution in [0.4, 0.5) is 0 Å². The standard InChI is InChI=1S/C15H21N5S/c1-12-8-13(2)10-14(9-12)20-15(21)19(16-17-20)11-18-6-4-3-5-7-18/h8-10H,3-7,11H2,1-2H3/p+1. The van der Waals surface area contributed by atoms with Gasteiger partial charge in [-0.1, -0.05) is 6.07 Å². The van der Waals surface area contributed by atoms with Crippen LogP contribution in [0.5, 0.6) is 0 Å². The highest BCUT2D eigenvalue weighted by molar-refractivity contribution is 7.71. The lowest BCUT2D eigenvalue weighted by Crippen LogP contribution is -3.12. The van der Waals surface area contributed by atoms with E-state index in [1.165, 1.54) is 43.5 Å². The second kappa shape index (κ2) is 6.07. The maximum Gasteiger partial charge on any atom is 0.225 e. The molecular weight excluding hydrogens is 282 g/mol. The van der Waals surface area contributed by atoms with Gasteiger partial charge in [0.1, 0.15) is 0 Å². The van der Waals surface area contributed by atoms with Gasteiger partial charge in [0.25, 0.3) is 0 Å². The van der Waals surface area contributed by atoms with Crippen molar-refractivity contribution in [3.63, 3.8) is 0 Å². The Morgan fingerprint density at radius 3 is 2.38 bits per heavy atom. The summed E-state index contributed by atoms with van der Waals surface area (Å²) < 4.78 is 4.30. The first-order valence-electron chi connectivity index (χ1n) is 7.58. The number of aromatic nitrogens is 4. The van der Waals surface area contributed by atoms with Crippen LogP contribution in [0, 0.1) is 18.6 Å². The summed E-state index contributed by atoms with van der Waals surface area (Å²) in [4.78, 5) is 1.55. The van der Waals surface area contributed by atoms with Crippen LogP contribution in [0.15, 0.2) is 18.2 Å². The molecule has 0 amide bonds. The van der Waals surface area contributed by atoms with E-state index >= 15 is 0 Å². The van der Waals surface area contributed by atoms with Gasteiger partial charge in [0, 0.05) is 0 Å². The van der Waals surface area contributed by atoms with Crippen LogP contribution in [0.2, 0.25) is 0 Å². The lowest BCUT2D eigenvalue weighted by Gasteiger charge is -2.22. The smallest absolute Gasteiger partial charge is 0.225 e. The Morgan fingerprint density at radius 1 is 1.05 bits per heavy atom. The number of rotatable bonds is 3. The van der Waals surface area contributed by atoms with Gasteiger partial charge < -0.3 is 4.90 Å². The van der Waals surface area contributed by atoms with Crippen molar-refractivity contribution in [3.05, 3.63) is 34.1 Å². The molecule has 1 aromatic heterocycles. The van der Waals surface area contributed by atoms with Crippen molar-refractivity contribution in [1.82, 2.24) is 19.8 Å². The first kappa shape index (κ1) is 14.4. The third-order valence-electron chi connectivity index (χ3n) is 4.02. The van der Waals surface area contributed by atoms with Crippen molar-refractivity contribution in [3.8, 4) is 5.69 Å². The summed E-state index contributed by atoms with van der Waals surface area (Å²) in [5.74, 6) is 0. The predicted molar refractivity (Wildman–Crippen MR) is 84.2 cm³/mol. The Hall–Kier alpha value is -1.53. The zero-order valence-corrected chi connectivity index (χ0v) is 13.5. The fraction of sp³-hybridized carbons (Fsp3) is 0.533. The molecule has 3 rings (SSSR count). The van der Waals surface area contributed by atoms with Gasteiger partial charge in [-0.15, -0.1) is 0 Å². The third kappa shape index (κ3) is 3.22. The molecule has 0 atom stereocenters. The van der Waals surface area contributed by atoms with Gasteiger partial charge >= 0.3 is 0 Å². The molecular formula is C15H22N5S+. The zero-order valence-electron chi connectivity index (χ0n) is 12.7. The van der Waals surface area contributed by atoms with E-state index in [2.05, 4.69) is 42.5 Å². The average Bonchev–Trinajstić information content (AvgIpc) is 2.80.